The van der Waals surface area contributed by atoms with Gasteiger partial charge in [-0.15, -0.1) is 0 Å². The van der Waals surface area contributed by atoms with Crippen LogP contribution in [0.4, 0.5) is 8.78 Å². The molecule has 0 atom stereocenters. The maximum absolute atomic E-state index is 12.5. The maximum atomic E-state index is 12.5. The van der Waals surface area contributed by atoms with Crippen LogP contribution in [-0.2, 0) is 13.1 Å². The van der Waals surface area contributed by atoms with Gasteiger partial charge >= 0.3 is 0 Å². The molecule has 1 fully saturated rings. The van der Waals surface area contributed by atoms with Gasteiger partial charge in [0.05, 0.1) is 12.0 Å². The Bertz CT molecular complexity index is 679. The number of aromatic nitrogens is 3. The van der Waals surface area contributed by atoms with E-state index >= 15 is 0 Å². The lowest BCUT2D eigenvalue weighted by Crippen LogP contribution is -2.36. The highest BCUT2D eigenvalue weighted by Crippen LogP contribution is 2.20. The predicted molar refractivity (Wildman–Crippen MR) is 78.0 cm³/mol. The first kappa shape index (κ1) is 15.8. The van der Waals surface area contributed by atoms with E-state index in [-0.39, 0.29) is 0 Å². The Hall–Kier alpha value is -2.09. The summed E-state index contributed by atoms with van der Waals surface area (Å²) < 4.78 is 31.3. The van der Waals surface area contributed by atoms with Crippen LogP contribution >= 0.6 is 0 Å². The molecule has 1 saturated heterocycles. The van der Waals surface area contributed by atoms with Crippen LogP contribution in [0.3, 0.4) is 0 Å². The van der Waals surface area contributed by atoms with Crippen LogP contribution in [0.25, 0.3) is 0 Å². The Morgan fingerprint density at radius 3 is 2.74 bits per heavy atom. The minimum atomic E-state index is -2.71. The smallest absolute Gasteiger partial charge is 0.280 e. The zero-order valence-corrected chi connectivity index (χ0v) is 12.6. The van der Waals surface area contributed by atoms with Gasteiger partial charge in [0, 0.05) is 25.2 Å². The number of halogens is 2. The fraction of sp³-hybridized carbons (Fsp3) is 0.533. The van der Waals surface area contributed by atoms with E-state index in [4.69, 9.17) is 4.52 Å². The number of hydrogen-bond donors (Lipinski definition) is 0. The molecule has 0 unspecified atom stereocenters. The molecule has 0 amide bonds. The molecule has 3 rings (SSSR count). The monoisotopic (exact) mass is 324 g/mol. The van der Waals surface area contributed by atoms with E-state index in [1.54, 1.807) is 6.26 Å². The highest BCUT2D eigenvalue weighted by atomic mass is 19.3. The first-order valence-corrected chi connectivity index (χ1v) is 7.58. The molecule has 124 valence electrons. The average Bonchev–Trinajstić information content (AvgIpc) is 3.04. The Balaban J connectivity index is 1.53. The summed E-state index contributed by atoms with van der Waals surface area (Å²) in [5.41, 5.74) is 0.0282. The normalized spacial score (nSPS) is 17.0. The van der Waals surface area contributed by atoms with Gasteiger partial charge in [-0.3, -0.25) is 14.3 Å². The van der Waals surface area contributed by atoms with Crippen LogP contribution in [0.5, 0.6) is 0 Å². The lowest BCUT2D eigenvalue weighted by molar-refractivity contribution is 0.144. The molecule has 23 heavy (non-hydrogen) atoms. The van der Waals surface area contributed by atoms with Crippen molar-refractivity contribution in [2.45, 2.75) is 32.4 Å². The quantitative estimate of drug-likeness (QED) is 0.842. The molecule has 1 aliphatic heterocycles. The third-order valence-corrected chi connectivity index (χ3v) is 4.16. The van der Waals surface area contributed by atoms with E-state index in [1.807, 2.05) is 6.07 Å². The average molecular weight is 324 g/mol. The van der Waals surface area contributed by atoms with E-state index in [2.05, 4.69) is 15.0 Å². The Morgan fingerprint density at radius 2 is 2.13 bits per heavy atom. The van der Waals surface area contributed by atoms with E-state index in [1.165, 1.54) is 10.9 Å². The van der Waals surface area contributed by atoms with Crippen LogP contribution in [0.15, 0.2) is 34.0 Å². The largest absolute Gasteiger partial charge is 0.364 e. The molecule has 0 radical (unpaired) electrons. The van der Waals surface area contributed by atoms with E-state index < -0.39 is 17.7 Å². The fourth-order valence-electron chi connectivity index (χ4n) is 2.85. The molecule has 2 aromatic rings. The van der Waals surface area contributed by atoms with Crippen LogP contribution < -0.4 is 5.56 Å². The molecule has 0 aromatic carbocycles. The highest BCUT2D eigenvalue weighted by Gasteiger charge is 2.21. The second-order valence-corrected chi connectivity index (χ2v) is 5.82. The zero-order valence-electron chi connectivity index (χ0n) is 12.6. The topological polar surface area (TPSA) is 64.2 Å². The molecule has 0 bridgehead atoms. The van der Waals surface area contributed by atoms with Crippen LogP contribution in [0.1, 0.15) is 30.7 Å². The van der Waals surface area contributed by atoms with Crippen molar-refractivity contribution in [3.63, 3.8) is 0 Å². The third-order valence-electron chi connectivity index (χ3n) is 4.16. The Labute approximate surface area is 131 Å². The van der Waals surface area contributed by atoms with Gasteiger partial charge in [-0.1, -0.05) is 5.16 Å². The van der Waals surface area contributed by atoms with Crippen molar-refractivity contribution >= 4 is 0 Å². The second-order valence-electron chi connectivity index (χ2n) is 5.82. The van der Waals surface area contributed by atoms with Crippen molar-refractivity contribution in [2.75, 3.05) is 13.1 Å². The van der Waals surface area contributed by atoms with Crippen molar-refractivity contribution in [1.82, 2.24) is 19.6 Å². The van der Waals surface area contributed by atoms with Crippen molar-refractivity contribution in [1.29, 1.82) is 0 Å². The van der Waals surface area contributed by atoms with Gasteiger partial charge in [0.1, 0.15) is 12.0 Å². The summed E-state index contributed by atoms with van der Waals surface area (Å²) in [4.78, 5) is 17.8. The summed E-state index contributed by atoms with van der Waals surface area (Å²) >= 11 is 0. The summed E-state index contributed by atoms with van der Waals surface area (Å²) in [6.45, 7) is 3.10. The van der Waals surface area contributed by atoms with Crippen LogP contribution in [0.2, 0.25) is 0 Å². The summed E-state index contributed by atoms with van der Waals surface area (Å²) in [7, 11) is 0. The molecular weight excluding hydrogens is 306 g/mol. The number of alkyl halides is 2. The highest BCUT2D eigenvalue weighted by molar-refractivity contribution is 5.01. The number of likely N-dealkylation sites (tertiary alicyclic amines) is 1. The van der Waals surface area contributed by atoms with Crippen molar-refractivity contribution < 1.29 is 13.3 Å². The first-order chi connectivity index (χ1) is 11.1. The molecule has 6 nitrogen and oxygen atoms in total. The second kappa shape index (κ2) is 6.99. The zero-order chi connectivity index (χ0) is 16.2. The van der Waals surface area contributed by atoms with Crippen molar-refractivity contribution in [3.8, 4) is 0 Å². The standard InChI is InChI=1S/C15H18F2N4O2/c16-15(17)13-7-14(22)21(10-18-13)8-11-1-4-20(5-2-11)9-12-3-6-23-19-12/h3,6-7,10-11,15H,1-2,4-5,8-9H2. The van der Waals surface area contributed by atoms with E-state index in [9.17, 15) is 13.6 Å². The summed E-state index contributed by atoms with van der Waals surface area (Å²) in [5.74, 6) is 0.348. The predicted octanol–water partition coefficient (Wildman–Crippen LogP) is 2.08. The minimum absolute atomic E-state index is 0.348. The van der Waals surface area contributed by atoms with Gasteiger partial charge in [-0.2, -0.15) is 0 Å². The lowest BCUT2D eigenvalue weighted by Gasteiger charge is -2.31. The van der Waals surface area contributed by atoms with Crippen LogP contribution in [-0.4, -0.2) is 32.7 Å². The third kappa shape index (κ3) is 4.01. The molecule has 1 aliphatic rings. The molecule has 3 heterocycles. The molecule has 2 aromatic heterocycles. The number of piperidine rings is 1. The molecule has 0 aliphatic carbocycles. The van der Waals surface area contributed by atoms with Gasteiger partial charge in [0.25, 0.3) is 12.0 Å². The SMILES string of the molecule is O=c1cc(C(F)F)ncn1CC1CCN(Cc2ccon2)CC1. The maximum Gasteiger partial charge on any atom is 0.280 e. The molecule has 0 spiro atoms. The summed E-state index contributed by atoms with van der Waals surface area (Å²) in [6, 6.07) is 2.77. The molecule has 8 heteroatoms. The lowest BCUT2D eigenvalue weighted by atomic mass is 9.96. The van der Waals surface area contributed by atoms with E-state index in [0.29, 0.717) is 12.5 Å². The van der Waals surface area contributed by atoms with Crippen molar-refractivity contribution in [3.05, 3.63) is 46.5 Å². The first-order valence-electron chi connectivity index (χ1n) is 7.58. The van der Waals surface area contributed by atoms with Gasteiger partial charge in [0.2, 0.25) is 0 Å². The van der Waals surface area contributed by atoms with Gasteiger partial charge in [-0.05, 0) is 31.8 Å². The van der Waals surface area contributed by atoms with Gasteiger partial charge in [-0.25, -0.2) is 13.8 Å². The van der Waals surface area contributed by atoms with Crippen molar-refractivity contribution in [2.24, 2.45) is 5.92 Å². The number of rotatable bonds is 5. The summed E-state index contributed by atoms with van der Waals surface area (Å²) in [6.07, 6.45) is 1.97. The van der Waals surface area contributed by atoms with E-state index in [0.717, 1.165) is 44.2 Å². The molecule has 0 saturated carbocycles. The van der Waals surface area contributed by atoms with Gasteiger partial charge in [0.15, 0.2) is 0 Å². The number of hydrogen-bond acceptors (Lipinski definition) is 5. The number of nitrogens with zero attached hydrogens (tertiary/aromatic N) is 4. The fourth-order valence-corrected chi connectivity index (χ4v) is 2.85. The van der Waals surface area contributed by atoms with Crippen LogP contribution in [0, 0.1) is 5.92 Å². The molecular formula is C15H18F2N4O2. The summed E-state index contributed by atoms with van der Waals surface area (Å²) in [5, 5.41) is 3.90. The molecule has 0 N–H and O–H groups in total. The Kier molecular flexibility index (Phi) is 4.80. The van der Waals surface area contributed by atoms with Gasteiger partial charge < -0.3 is 4.52 Å². The minimum Gasteiger partial charge on any atom is -0.364 e. The Morgan fingerprint density at radius 1 is 1.35 bits per heavy atom.